The third-order valence-corrected chi connectivity index (χ3v) is 5.56. The topological polar surface area (TPSA) is 63.4 Å². The summed E-state index contributed by atoms with van der Waals surface area (Å²) in [5.41, 5.74) is 0.365. The highest BCUT2D eigenvalue weighted by Crippen LogP contribution is 2.36. The minimum absolute atomic E-state index is 0.0527. The van der Waals surface area contributed by atoms with Crippen LogP contribution < -0.4 is 0 Å². The van der Waals surface area contributed by atoms with Crippen LogP contribution in [-0.4, -0.2) is 28.3 Å². The van der Waals surface area contributed by atoms with Crippen LogP contribution in [0.1, 0.15) is 48.9 Å². The molecule has 1 aromatic rings. The first-order valence-electron chi connectivity index (χ1n) is 7.83. The molecule has 22 heavy (non-hydrogen) atoms. The van der Waals surface area contributed by atoms with E-state index in [1.807, 2.05) is 4.90 Å². The standard InChI is InChI=1S/C16H19BrN2O3/c17-13-8-7-12(10-15(13)19(21)22)16(20)18-9-3-5-11-4-1-2-6-14(11)18/h7-8,10-11,14H,1-6,9H2. The Labute approximate surface area is 138 Å². The van der Waals surface area contributed by atoms with Gasteiger partial charge in [-0.05, 0) is 59.7 Å². The number of piperidine rings is 1. The highest BCUT2D eigenvalue weighted by Gasteiger charge is 2.36. The van der Waals surface area contributed by atoms with Crippen molar-refractivity contribution >= 4 is 27.5 Å². The van der Waals surface area contributed by atoms with Gasteiger partial charge in [0.15, 0.2) is 0 Å². The molecule has 1 aliphatic carbocycles. The number of carbonyl (C=O) groups is 1. The van der Waals surface area contributed by atoms with Crippen LogP contribution in [0.3, 0.4) is 0 Å². The number of benzene rings is 1. The van der Waals surface area contributed by atoms with E-state index in [1.165, 1.54) is 31.7 Å². The molecule has 0 bridgehead atoms. The lowest BCUT2D eigenvalue weighted by atomic mass is 9.78. The molecular weight excluding hydrogens is 348 g/mol. The number of nitro benzene ring substituents is 1. The number of carbonyl (C=O) groups excluding carboxylic acids is 1. The average Bonchev–Trinajstić information content (AvgIpc) is 2.54. The van der Waals surface area contributed by atoms with Crippen LogP contribution in [-0.2, 0) is 0 Å². The summed E-state index contributed by atoms with van der Waals surface area (Å²) < 4.78 is 0.406. The third-order valence-electron chi connectivity index (χ3n) is 4.89. The highest BCUT2D eigenvalue weighted by atomic mass is 79.9. The summed E-state index contributed by atoms with van der Waals surface area (Å²) in [5, 5.41) is 11.1. The largest absolute Gasteiger partial charge is 0.335 e. The second-order valence-corrected chi connectivity index (χ2v) is 7.03. The van der Waals surface area contributed by atoms with Crippen molar-refractivity contribution in [1.29, 1.82) is 0 Å². The van der Waals surface area contributed by atoms with Crippen LogP contribution >= 0.6 is 15.9 Å². The Balaban J connectivity index is 1.86. The minimum atomic E-state index is -0.458. The second-order valence-electron chi connectivity index (χ2n) is 6.18. The number of amides is 1. The van der Waals surface area contributed by atoms with Crippen molar-refractivity contribution in [3.8, 4) is 0 Å². The van der Waals surface area contributed by atoms with Gasteiger partial charge >= 0.3 is 0 Å². The highest BCUT2D eigenvalue weighted by molar-refractivity contribution is 9.10. The van der Waals surface area contributed by atoms with Crippen molar-refractivity contribution in [2.24, 2.45) is 5.92 Å². The molecule has 118 valence electrons. The quantitative estimate of drug-likeness (QED) is 0.583. The summed E-state index contributed by atoms with van der Waals surface area (Å²) in [4.78, 5) is 25.4. The number of nitrogens with zero attached hydrogens (tertiary/aromatic N) is 2. The van der Waals surface area contributed by atoms with Crippen molar-refractivity contribution in [3.63, 3.8) is 0 Å². The molecule has 2 atom stereocenters. The zero-order chi connectivity index (χ0) is 15.7. The average molecular weight is 367 g/mol. The first-order valence-corrected chi connectivity index (χ1v) is 8.62. The lowest BCUT2D eigenvalue weighted by Crippen LogP contribution is -2.49. The first kappa shape index (κ1) is 15.5. The van der Waals surface area contributed by atoms with Gasteiger partial charge in [-0.1, -0.05) is 12.8 Å². The minimum Gasteiger partial charge on any atom is -0.335 e. The Morgan fingerprint density at radius 2 is 1.95 bits per heavy atom. The third kappa shape index (κ3) is 2.89. The lowest BCUT2D eigenvalue weighted by molar-refractivity contribution is -0.385. The van der Waals surface area contributed by atoms with Gasteiger partial charge in [-0.25, -0.2) is 0 Å². The molecule has 1 aromatic carbocycles. The van der Waals surface area contributed by atoms with Gasteiger partial charge in [-0.2, -0.15) is 0 Å². The Morgan fingerprint density at radius 3 is 2.73 bits per heavy atom. The van der Waals surface area contributed by atoms with Crippen LogP contribution in [0.15, 0.2) is 22.7 Å². The van der Waals surface area contributed by atoms with E-state index >= 15 is 0 Å². The maximum Gasteiger partial charge on any atom is 0.284 e. The van der Waals surface area contributed by atoms with Crippen molar-refractivity contribution in [2.45, 2.75) is 44.6 Å². The van der Waals surface area contributed by atoms with Crippen LogP contribution in [0.5, 0.6) is 0 Å². The lowest BCUT2D eigenvalue weighted by Gasteiger charge is -2.44. The number of halogens is 1. The van der Waals surface area contributed by atoms with Crippen LogP contribution in [0.2, 0.25) is 0 Å². The van der Waals surface area contributed by atoms with Gasteiger partial charge in [-0.3, -0.25) is 14.9 Å². The van der Waals surface area contributed by atoms with E-state index < -0.39 is 4.92 Å². The number of likely N-dealkylation sites (tertiary alicyclic amines) is 1. The molecule has 0 radical (unpaired) electrons. The van der Waals surface area contributed by atoms with Gasteiger partial charge < -0.3 is 4.90 Å². The monoisotopic (exact) mass is 366 g/mol. The van der Waals surface area contributed by atoms with Gasteiger partial charge in [-0.15, -0.1) is 0 Å². The molecule has 1 saturated heterocycles. The number of hydrogen-bond acceptors (Lipinski definition) is 3. The van der Waals surface area contributed by atoms with E-state index in [2.05, 4.69) is 15.9 Å². The second kappa shape index (κ2) is 6.36. The van der Waals surface area contributed by atoms with E-state index in [0.717, 1.165) is 19.4 Å². The van der Waals surface area contributed by atoms with Crippen molar-refractivity contribution < 1.29 is 9.72 Å². The number of rotatable bonds is 2. The van der Waals surface area contributed by atoms with Crippen molar-refractivity contribution in [3.05, 3.63) is 38.3 Å². The Hall–Kier alpha value is -1.43. The van der Waals surface area contributed by atoms with Crippen LogP contribution in [0, 0.1) is 16.0 Å². The van der Waals surface area contributed by atoms with Gasteiger partial charge in [0, 0.05) is 24.2 Å². The molecule has 0 N–H and O–H groups in total. The van der Waals surface area contributed by atoms with E-state index in [0.29, 0.717) is 22.0 Å². The van der Waals surface area contributed by atoms with E-state index in [-0.39, 0.29) is 11.6 Å². The Kier molecular flexibility index (Phi) is 4.47. The predicted octanol–water partition coefficient (Wildman–Crippen LogP) is 4.15. The van der Waals surface area contributed by atoms with Gasteiger partial charge in [0.2, 0.25) is 0 Å². The fourth-order valence-corrected chi connectivity index (χ4v) is 4.22. The molecule has 2 unspecified atom stereocenters. The first-order chi connectivity index (χ1) is 10.6. The van der Waals surface area contributed by atoms with Crippen molar-refractivity contribution in [1.82, 2.24) is 4.90 Å². The predicted molar refractivity (Wildman–Crippen MR) is 86.8 cm³/mol. The van der Waals surface area contributed by atoms with Crippen LogP contribution in [0.25, 0.3) is 0 Å². The molecule has 1 saturated carbocycles. The van der Waals surface area contributed by atoms with Gasteiger partial charge in [0.25, 0.3) is 11.6 Å². The number of fused-ring (bicyclic) bond motifs is 1. The van der Waals surface area contributed by atoms with E-state index in [4.69, 9.17) is 0 Å². The summed E-state index contributed by atoms with van der Waals surface area (Å²) in [6, 6.07) is 4.97. The van der Waals surface area contributed by atoms with Crippen molar-refractivity contribution in [2.75, 3.05) is 6.54 Å². The SMILES string of the molecule is O=C(c1ccc(Br)c([N+](=O)[O-])c1)N1CCCC2CCCCC21. The van der Waals surface area contributed by atoms with Crippen LogP contribution in [0.4, 0.5) is 5.69 Å². The summed E-state index contributed by atoms with van der Waals surface area (Å²) in [5.74, 6) is 0.545. The van der Waals surface area contributed by atoms with E-state index in [1.54, 1.807) is 12.1 Å². The normalized spacial score (nSPS) is 24.7. The zero-order valence-corrected chi connectivity index (χ0v) is 13.9. The Morgan fingerprint density at radius 1 is 1.23 bits per heavy atom. The molecule has 2 aliphatic rings. The van der Waals surface area contributed by atoms with E-state index in [9.17, 15) is 14.9 Å². The molecule has 5 nitrogen and oxygen atoms in total. The molecule has 6 heteroatoms. The molecular formula is C16H19BrN2O3. The van der Waals surface area contributed by atoms with Gasteiger partial charge in [0.1, 0.15) is 0 Å². The summed E-state index contributed by atoms with van der Waals surface area (Å²) >= 11 is 3.17. The maximum absolute atomic E-state index is 12.8. The Bertz CT molecular complexity index is 603. The fourth-order valence-electron chi connectivity index (χ4n) is 3.83. The summed E-state index contributed by atoms with van der Waals surface area (Å²) in [7, 11) is 0. The molecule has 1 amide bonds. The smallest absolute Gasteiger partial charge is 0.284 e. The molecule has 3 rings (SSSR count). The number of hydrogen-bond donors (Lipinski definition) is 0. The number of nitro groups is 1. The molecule has 0 aromatic heterocycles. The van der Waals surface area contributed by atoms with Gasteiger partial charge in [0.05, 0.1) is 9.40 Å². The fraction of sp³-hybridized carbons (Fsp3) is 0.562. The summed E-state index contributed by atoms with van der Waals surface area (Å²) in [6.07, 6.45) is 6.93. The molecule has 1 aliphatic heterocycles. The molecule has 1 heterocycles. The molecule has 2 fully saturated rings. The zero-order valence-electron chi connectivity index (χ0n) is 12.3. The molecule has 0 spiro atoms. The summed E-state index contributed by atoms with van der Waals surface area (Å²) in [6.45, 7) is 0.768. The maximum atomic E-state index is 12.8.